The van der Waals surface area contributed by atoms with Gasteiger partial charge in [0, 0.05) is 13.5 Å². The Balaban J connectivity index is 2.48. The summed E-state index contributed by atoms with van der Waals surface area (Å²) in [6.07, 6.45) is 4.09. The molecule has 13 heavy (non-hydrogen) atoms. The van der Waals surface area contributed by atoms with Crippen LogP contribution in [0.3, 0.4) is 0 Å². The number of nitrogens with one attached hydrogen (secondary N) is 1. The predicted molar refractivity (Wildman–Crippen MR) is 51.3 cm³/mol. The summed E-state index contributed by atoms with van der Waals surface area (Å²) >= 11 is 0. The van der Waals surface area contributed by atoms with E-state index < -0.39 is 0 Å². The summed E-state index contributed by atoms with van der Waals surface area (Å²) < 4.78 is 5.26. The average Bonchev–Trinajstić information content (AvgIpc) is 2.59. The standard InChI is InChI=1S/C10H18N2O/c1-3-6-12-10(8-11)5-4-9(7-10)13-2/h9,12H,3-7H2,1-2H3. The van der Waals surface area contributed by atoms with Crippen molar-refractivity contribution in [1.82, 2.24) is 5.32 Å². The van der Waals surface area contributed by atoms with E-state index >= 15 is 0 Å². The molecule has 1 N–H and O–H groups in total. The van der Waals surface area contributed by atoms with Crippen LogP contribution in [0.15, 0.2) is 0 Å². The van der Waals surface area contributed by atoms with Crippen molar-refractivity contribution in [2.45, 2.75) is 44.2 Å². The van der Waals surface area contributed by atoms with E-state index in [1.165, 1.54) is 0 Å². The lowest BCUT2D eigenvalue weighted by atomic mass is 9.99. The Labute approximate surface area is 80.1 Å². The normalized spacial score (nSPS) is 33.2. The molecule has 1 fully saturated rings. The molecule has 0 bridgehead atoms. The van der Waals surface area contributed by atoms with E-state index in [-0.39, 0.29) is 11.6 Å². The van der Waals surface area contributed by atoms with Crippen LogP contribution in [0.1, 0.15) is 32.6 Å². The smallest absolute Gasteiger partial charge is 0.109 e. The minimum absolute atomic E-state index is 0.268. The molecule has 0 saturated heterocycles. The molecule has 1 aliphatic rings. The molecular weight excluding hydrogens is 164 g/mol. The van der Waals surface area contributed by atoms with Gasteiger partial charge in [-0.15, -0.1) is 0 Å². The minimum Gasteiger partial charge on any atom is -0.381 e. The van der Waals surface area contributed by atoms with Crippen molar-refractivity contribution in [1.29, 1.82) is 5.26 Å². The van der Waals surface area contributed by atoms with Gasteiger partial charge in [-0.2, -0.15) is 5.26 Å². The molecular formula is C10H18N2O. The summed E-state index contributed by atoms with van der Waals surface area (Å²) in [5, 5.41) is 12.4. The van der Waals surface area contributed by atoms with Crippen LogP contribution in [0.25, 0.3) is 0 Å². The van der Waals surface area contributed by atoms with E-state index in [4.69, 9.17) is 10.00 Å². The van der Waals surface area contributed by atoms with E-state index in [2.05, 4.69) is 18.3 Å². The first kappa shape index (κ1) is 10.5. The van der Waals surface area contributed by atoms with E-state index in [1.54, 1.807) is 7.11 Å². The predicted octanol–water partition coefficient (Wildman–Crippen LogP) is 1.45. The van der Waals surface area contributed by atoms with Crippen molar-refractivity contribution in [2.24, 2.45) is 0 Å². The summed E-state index contributed by atoms with van der Waals surface area (Å²) in [5.74, 6) is 0. The zero-order chi connectivity index (χ0) is 9.73. The Morgan fingerprint density at radius 3 is 2.92 bits per heavy atom. The van der Waals surface area contributed by atoms with Crippen molar-refractivity contribution < 1.29 is 4.74 Å². The van der Waals surface area contributed by atoms with E-state index in [9.17, 15) is 0 Å². The lowest BCUT2D eigenvalue weighted by Crippen LogP contribution is -2.42. The quantitative estimate of drug-likeness (QED) is 0.715. The second kappa shape index (κ2) is 4.59. The molecule has 1 rings (SSSR count). The van der Waals surface area contributed by atoms with Crippen LogP contribution < -0.4 is 5.32 Å². The first-order valence-corrected chi connectivity index (χ1v) is 4.95. The summed E-state index contributed by atoms with van der Waals surface area (Å²) in [5.41, 5.74) is -0.309. The fraction of sp³-hybridized carbons (Fsp3) is 0.900. The maximum Gasteiger partial charge on any atom is 0.109 e. The average molecular weight is 182 g/mol. The Hall–Kier alpha value is -0.590. The summed E-state index contributed by atoms with van der Waals surface area (Å²) in [7, 11) is 1.72. The third kappa shape index (κ3) is 2.43. The van der Waals surface area contributed by atoms with Gasteiger partial charge in [-0.3, -0.25) is 5.32 Å². The van der Waals surface area contributed by atoms with Gasteiger partial charge in [-0.1, -0.05) is 6.92 Å². The summed E-state index contributed by atoms with van der Waals surface area (Å²) in [6, 6.07) is 2.39. The fourth-order valence-electron chi connectivity index (χ4n) is 1.87. The molecule has 3 heteroatoms. The van der Waals surface area contributed by atoms with Gasteiger partial charge in [-0.25, -0.2) is 0 Å². The van der Waals surface area contributed by atoms with Crippen molar-refractivity contribution in [3.63, 3.8) is 0 Å². The van der Waals surface area contributed by atoms with Gasteiger partial charge in [0.2, 0.25) is 0 Å². The highest BCUT2D eigenvalue weighted by atomic mass is 16.5. The third-order valence-electron chi connectivity index (χ3n) is 2.73. The maximum atomic E-state index is 9.09. The molecule has 2 atom stereocenters. The number of ether oxygens (including phenoxy) is 1. The van der Waals surface area contributed by atoms with Gasteiger partial charge in [0.05, 0.1) is 12.2 Å². The van der Waals surface area contributed by atoms with E-state index in [0.717, 1.165) is 32.2 Å². The van der Waals surface area contributed by atoms with Crippen LogP contribution in [0.4, 0.5) is 0 Å². The molecule has 0 aromatic rings. The molecule has 0 radical (unpaired) electrons. The Bertz CT molecular complexity index is 200. The minimum atomic E-state index is -0.309. The lowest BCUT2D eigenvalue weighted by molar-refractivity contribution is 0.104. The molecule has 0 aliphatic heterocycles. The van der Waals surface area contributed by atoms with Crippen molar-refractivity contribution >= 4 is 0 Å². The first-order chi connectivity index (χ1) is 6.26. The number of hydrogen-bond donors (Lipinski definition) is 1. The van der Waals surface area contributed by atoms with Crippen molar-refractivity contribution in [3.05, 3.63) is 0 Å². The first-order valence-electron chi connectivity index (χ1n) is 4.95. The Kier molecular flexibility index (Phi) is 3.71. The number of nitrogens with zero attached hydrogens (tertiary/aromatic N) is 1. The zero-order valence-electron chi connectivity index (χ0n) is 8.47. The molecule has 74 valence electrons. The van der Waals surface area contributed by atoms with Gasteiger partial charge < -0.3 is 4.74 Å². The van der Waals surface area contributed by atoms with Crippen LogP contribution in [-0.4, -0.2) is 25.3 Å². The van der Waals surface area contributed by atoms with E-state index in [1.807, 2.05) is 0 Å². The van der Waals surface area contributed by atoms with Gasteiger partial charge in [0.25, 0.3) is 0 Å². The third-order valence-corrected chi connectivity index (χ3v) is 2.73. The van der Waals surface area contributed by atoms with Gasteiger partial charge in [0.1, 0.15) is 5.54 Å². The SMILES string of the molecule is CCCNC1(C#N)CCC(OC)C1. The molecule has 1 aliphatic carbocycles. The van der Waals surface area contributed by atoms with Gasteiger partial charge in [-0.05, 0) is 25.8 Å². The van der Waals surface area contributed by atoms with Crippen LogP contribution in [0.5, 0.6) is 0 Å². The highest BCUT2D eigenvalue weighted by Gasteiger charge is 2.38. The fourth-order valence-corrected chi connectivity index (χ4v) is 1.87. The molecule has 3 nitrogen and oxygen atoms in total. The monoisotopic (exact) mass is 182 g/mol. The summed E-state index contributed by atoms with van der Waals surface area (Å²) in [4.78, 5) is 0. The molecule has 1 saturated carbocycles. The van der Waals surface area contributed by atoms with Gasteiger partial charge >= 0.3 is 0 Å². The molecule has 0 spiro atoms. The number of rotatable bonds is 4. The largest absolute Gasteiger partial charge is 0.381 e. The van der Waals surface area contributed by atoms with Crippen LogP contribution in [0, 0.1) is 11.3 Å². The van der Waals surface area contributed by atoms with Crippen LogP contribution >= 0.6 is 0 Å². The van der Waals surface area contributed by atoms with Gasteiger partial charge in [0.15, 0.2) is 0 Å². The Morgan fingerprint density at radius 1 is 1.69 bits per heavy atom. The molecule has 0 aromatic heterocycles. The summed E-state index contributed by atoms with van der Waals surface area (Å²) in [6.45, 7) is 3.03. The second-order valence-corrected chi connectivity index (χ2v) is 3.72. The molecule has 0 heterocycles. The van der Waals surface area contributed by atoms with Crippen LogP contribution in [-0.2, 0) is 4.74 Å². The lowest BCUT2D eigenvalue weighted by Gasteiger charge is -2.22. The molecule has 0 amide bonds. The number of methoxy groups -OCH3 is 1. The molecule has 2 unspecified atom stereocenters. The number of nitriles is 1. The van der Waals surface area contributed by atoms with Crippen LogP contribution in [0.2, 0.25) is 0 Å². The Morgan fingerprint density at radius 2 is 2.46 bits per heavy atom. The topological polar surface area (TPSA) is 45.0 Å². The second-order valence-electron chi connectivity index (χ2n) is 3.72. The number of hydrogen-bond acceptors (Lipinski definition) is 3. The van der Waals surface area contributed by atoms with Crippen molar-refractivity contribution in [2.75, 3.05) is 13.7 Å². The maximum absolute atomic E-state index is 9.09. The van der Waals surface area contributed by atoms with E-state index in [0.29, 0.717) is 0 Å². The zero-order valence-corrected chi connectivity index (χ0v) is 8.47. The highest BCUT2D eigenvalue weighted by molar-refractivity contribution is 5.12. The van der Waals surface area contributed by atoms with Crippen molar-refractivity contribution in [3.8, 4) is 6.07 Å². The highest BCUT2D eigenvalue weighted by Crippen LogP contribution is 2.30. The molecule has 0 aromatic carbocycles.